The van der Waals surface area contributed by atoms with Crippen molar-refractivity contribution in [3.05, 3.63) is 35.1 Å². The lowest BCUT2D eigenvalue weighted by molar-refractivity contribution is -0.140. The van der Waals surface area contributed by atoms with Gasteiger partial charge < -0.3 is 10.8 Å². The SMILES string of the molecule is CC(C)(C)[C@@H](N)C[C@@H](O)c1ccc(F)c(C(F)(F)F)c1.Cl. The van der Waals surface area contributed by atoms with Crippen molar-refractivity contribution < 1.29 is 22.7 Å². The second kappa shape index (κ2) is 6.94. The Labute approximate surface area is 127 Å². The van der Waals surface area contributed by atoms with Gasteiger partial charge in [0.05, 0.1) is 11.7 Å². The molecule has 0 aromatic heterocycles. The highest BCUT2D eigenvalue weighted by Gasteiger charge is 2.35. The molecule has 0 spiro atoms. The highest BCUT2D eigenvalue weighted by Crippen LogP contribution is 2.34. The van der Waals surface area contributed by atoms with Gasteiger partial charge in [0, 0.05) is 6.04 Å². The predicted molar refractivity (Wildman–Crippen MR) is 75.7 cm³/mol. The second-order valence-electron chi connectivity index (χ2n) is 5.96. The van der Waals surface area contributed by atoms with Crippen molar-refractivity contribution in [3.8, 4) is 0 Å². The highest BCUT2D eigenvalue weighted by atomic mass is 35.5. The third kappa shape index (κ3) is 5.45. The highest BCUT2D eigenvalue weighted by molar-refractivity contribution is 5.85. The fourth-order valence-electron chi connectivity index (χ4n) is 1.70. The van der Waals surface area contributed by atoms with E-state index < -0.39 is 29.7 Å². The summed E-state index contributed by atoms with van der Waals surface area (Å²) in [6.07, 6.45) is -5.84. The number of alkyl halides is 3. The lowest BCUT2D eigenvalue weighted by Crippen LogP contribution is -2.36. The zero-order valence-corrected chi connectivity index (χ0v) is 12.9. The third-order valence-corrected chi connectivity index (χ3v) is 3.27. The predicted octanol–water partition coefficient (Wildman–Crippen LogP) is 4.06. The summed E-state index contributed by atoms with van der Waals surface area (Å²) in [5.74, 6) is -1.35. The minimum Gasteiger partial charge on any atom is -0.388 e. The number of benzene rings is 1. The first-order valence-corrected chi connectivity index (χ1v) is 6.23. The van der Waals surface area contributed by atoms with Gasteiger partial charge in [0.25, 0.3) is 0 Å². The van der Waals surface area contributed by atoms with Crippen LogP contribution >= 0.6 is 12.4 Å². The summed E-state index contributed by atoms with van der Waals surface area (Å²) < 4.78 is 50.9. The molecule has 1 aromatic carbocycles. The molecule has 0 aliphatic heterocycles. The zero-order chi connectivity index (χ0) is 15.7. The first-order chi connectivity index (χ1) is 8.93. The van der Waals surface area contributed by atoms with E-state index in [2.05, 4.69) is 0 Å². The van der Waals surface area contributed by atoms with Crippen LogP contribution < -0.4 is 5.73 Å². The normalized spacial score (nSPS) is 15.3. The van der Waals surface area contributed by atoms with Gasteiger partial charge in [0.1, 0.15) is 5.82 Å². The topological polar surface area (TPSA) is 46.2 Å². The molecule has 0 saturated carbocycles. The molecule has 0 amide bonds. The number of nitrogens with two attached hydrogens (primary N) is 1. The van der Waals surface area contributed by atoms with Crippen LogP contribution in [0, 0.1) is 11.2 Å². The van der Waals surface area contributed by atoms with Crippen LogP contribution in [0.4, 0.5) is 17.6 Å². The average Bonchev–Trinajstić information content (AvgIpc) is 2.26. The molecule has 1 rings (SSSR count). The zero-order valence-electron chi connectivity index (χ0n) is 12.0. The fraction of sp³-hybridized carbons (Fsp3) is 0.571. The second-order valence-corrected chi connectivity index (χ2v) is 5.96. The van der Waals surface area contributed by atoms with Gasteiger partial charge in [-0.3, -0.25) is 0 Å². The van der Waals surface area contributed by atoms with Gasteiger partial charge in [0.15, 0.2) is 0 Å². The van der Waals surface area contributed by atoms with E-state index in [1.165, 1.54) is 0 Å². The molecule has 21 heavy (non-hydrogen) atoms. The maximum Gasteiger partial charge on any atom is 0.419 e. The van der Waals surface area contributed by atoms with E-state index in [1.54, 1.807) is 0 Å². The fourth-order valence-corrected chi connectivity index (χ4v) is 1.70. The summed E-state index contributed by atoms with van der Waals surface area (Å²) in [5, 5.41) is 9.97. The van der Waals surface area contributed by atoms with Gasteiger partial charge in [-0.25, -0.2) is 4.39 Å². The number of rotatable bonds is 3. The monoisotopic (exact) mass is 329 g/mol. The summed E-state index contributed by atoms with van der Waals surface area (Å²) in [6.45, 7) is 5.61. The van der Waals surface area contributed by atoms with E-state index in [9.17, 15) is 22.7 Å². The molecule has 0 aliphatic rings. The Kier molecular flexibility index (Phi) is 6.66. The molecule has 2 atom stereocenters. The molecule has 7 heteroatoms. The van der Waals surface area contributed by atoms with Gasteiger partial charge in [0.2, 0.25) is 0 Å². The minimum atomic E-state index is -4.79. The van der Waals surface area contributed by atoms with Gasteiger partial charge in [-0.1, -0.05) is 26.8 Å². The first kappa shape index (κ1) is 20.1. The van der Waals surface area contributed by atoms with E-state index in [1.807, 2.05) is 20.8 Å². The molecule has 3 N–H and O–H groups in total. The van der Waals surface area contributed by atoms with E-state index in [0.717, 1.165) is 6.07 Å². The number of hydrogen-bond acceptors (Lipinski definition) is 2. The molecule has 0 fully saturated rings. The van der Waals surface area contributed by atoms with Gasteiger partial charge in [-0.05, 0) is 29.5 Å². The van der Waals surface area contributed by atoms with E-state index >= 15 is 0 Å². The van der Waals surface area contributed by atoms with Crippen LogP contribution in [0.2, 0.25) is 0 Å². The quantitative estimate of drug-likeness (QED) is 0.821. The molecule has 0 aliphatic carbocycles. The van der Waals surface area contributed by atoms with Crippen LogP contribution in [0.5, 0.6) is 0 Å². The van der Waals surface area contributed by atoms with Crippen LogP contribution in [-0.4, -0.2) is 11.1 Å². The molecule has 2 nitrogen and oxygen atoms in total. The molecule has 0 bridgehead atoms. The van der Waals surface area contributed by atoms with Crippen LogP contribution in [0.3, 0.4) is 0 Å². The Morgan fingerprint density at radius 1 is 1.19 bits per heavy atom. The molecule has 0 unspecified atom stereocenters. The van der Waals surface area contributed by atoms with Crippen molar-refractivity contribution in [2.45, 2.75) is 45.5 Å². The van der Waals surface area contributed by atoms with Crippen molar-refractivity contribution in [1.29, 1.82) is 0 Å². The van der Waals surface area contributed by atoms with Gasteiger partial charge in [-0.2, -0.15) is 13.2 Å². The molecule has 0 heterocycles. The minimum absolute atomic E-state index is 0. The number of hydrogen-bond donors (Lipinski definition) is 2. The van der Waals surface area contributed by atoms with Crippen LogP contribution in [0.25, 0.3) is 0 Å². The lowest BCUT2D eigenvalue weighted by Gasteiger charge is -2.29. The Morgan fingerprint density at radius 2 is 1.71 bits per heavy atom. The Morgan fingerprint density at radius 3 is 2.14 bits per heavy atom. The Balaban J connectivity index is 0.00000400. The summed E-state index contributed by atoms with van der Waals surface area (Å²) in [5.41, 5.74) is 4.24. The van der Waals surface area contributed by atoms with Gasteiger partial charge >= 0.3 is 6.18 Å². The van der Waals surface area contributed by atoms with Crippen molar-refractivity contribution in [2.24, 2.45) is 11.1 Å². The lowest BCUT2D eigenvalue weighted by atomic mass is 9.83. The molecule has 1 aromatic rings. The maximum atomic E-state index is 13.2. The third-order valence-electron chi connectivity index (χ3n) is 3.27. The largest absolute Gasteiger partial charge is 0.419 e. The molecular formula is C14H20ClF4NO. The van der Waals surface area contributed by atoms with Gasteiger partial charge in [-0.15, -0.1) is 12.4 Å². The molecule has 0 saturated heterocycles. The summed E-state index contributed by atoms with van der Waals surface area (Å²) in [4.78, 5) is 0. The summed E-state index contributed by atoms with van der Waals surface area (Å²) in [6, 6.07) is 2.10. The average molecular weight is 330 g/mol. The van der Waals surface area contributed by atoms with Crippen molar-refractivity contribution in [1.82, 2.24) is 0 Å². The van der Waals surface area contributed by atoms with Crippen molar-refractivity contribution in [3.63, 3.8) is 0 Å². The van der Waals surface area contributed by atoms with Crippen LogP contribution in [-0.2, 0) is 6.18 Å². The number of aliphatic hydroxyl groups is 1. The van der Waals surface area contributed by atoms with Crippen molar-refractivity contribution in [2.75, 3.05) is 0 Å². The van der Waals surface area contributed by atoms with Crippen LogP contribution in [0.15, 0.2) is 18.2 Å². The van der Waals surface area contributed by atoms with E-state index in [0.29, 0.717) is 12.1 Å². The Bertz CT molecular complexity index is 471. The Hall–Kier alpha value is -0.850. The van der Waals surface area contributed by atoms with Crippen molar-refractivity contribution >= 4 is 12.4 Å². The van der Waals surface area contributed by atoms with E-state index in [-0.39, 0.29) is 29.8 Å². The summed E-state index contributed by atoms with van der Waals surface area (Å²) >= 11 is 0. The van der Waals surface area contributed by atoms with E-state index in [4.69, 9.17) is 5.73 Å². The molecule has 0 radical (unpaired) electrons. The number of halogens is 5. The smallest absolute Gasteiger partial charge is 0.388 e. The van der Waals surface area contributed by atoms with Crippen LogP contribution in [0.1, 0.15) is 44.4 Å². The standard InChI is InChI=1S/C14H19F4NO.ClH/c1-13(2,3)12(19)7-11(20)8-4-5-10(15)9(6-8)14(16,17)18;/h4-6,11-12,20H,7,19H2,1-3H3;1H/t11-,12+;/m1./s1. The maximum absolute atomic E-state index is 13.2. The summed E-state index contributed by atoms with van der Waals surface area (Å²) in [7, 11) is 0. The molecule has 122 valence electrons. The number of aliphatic hydroxyl groups excluding tert-OH is 1. The molecular weight excluding hydrogens is 310 g/mol. The first-order valence-electron chi connectivity index (χ1n) is 6.23.